The fourth-order valence-electron chi connectivity index (χ4n) is 5.44. The topological polar surface area (TPSA) is 74.4 Å². The Morgan fingerprint density at radius 3 is 2.34 bits per heavy atom. The number of rotatable bonds is 6. The lowest BCUT2D eigenvalue weighted by atomic mass is 9.88. The Morgan fingerprint density at radius 2 is 1.71 bits per heavy atom. The number of nitriles is 1. The number of halogens is 1. The number of fused-ring (bicyclic) bond motifs is 1. The van der Waals surface area contributed by atoms with E-state index in [1.807, 2.05) is 19.2 Å². The van der Waals surface area contributed by atoms with Crippen molar-refractivity contribution in [2.24, 2.45) is 7.05 Å². The number of ether oxygens (including phenoxy) is 1. The summed E-state index contributed by atoms with van der Waals surface area (Å²) < 4.78 is 20.8. The molecule has 7 nitrogen and oxygen atoms in total. The van der Waals surface area contributed by atoms with E-state index in [-0.39, 0.29) is 23.2 Å². The van der Waals surface area contributed by atoms with Crippen LogP contribution in [0.3, 0.4) is 0 Å². The van der Waals surface area contributed by atoms with Gasteiger partial charge in [-0.25, -0.2) is 9.37 Å². The first kappa shape index (κ1) is 23.2. The summed E-state index contributed by atoms with van der Waals surface area (Å²) in [5.74, 6) is -0.0601. The van der Waals surface area contributed by atoms with Gasteiger partial charge >= 0.3 is 0 Å². The maximum absolute atomic E-state index is 14.0. The molecule has 0 spiro atoms. The number of hydrogen-bond donors (Lipinski definition) is 0. The highest BCUT2D eigenvalue weighted by atomic mass is 19.1. The van der Waals surface area contributed by atoms with Gasteiger partial charge in [-0.3, -0.25) is 4.79 Å². The van der Waals surface area contributed by atoms with Crippen LogP contribution in [0.1, 0.15) is 44.2 Å². The Morgan fingerprint density at radius 1 is 1.06 bits per heavy atom. The molecule has 0 radical (unpaired) electrons. The van der Waals surface area contributed by atoms with Gasteiger partial charge in [-0.1, -0.05) is 0 Å². The molecule has 2 saturated carbocycles. The Labute approximate surface area is 204 Å². The summed E-state index contributed by atoms with van der Waals surface area (Å²) in [5, 5.41) is 9.34. The summed E-state index contributed by atoms with van der Waals surface area (Å²) >= 11 is 0. The van der Waals surface area contributed by atoms with Crippen molar-refractivity contribution in [2.75, 3.05) is 24.0 Å². The van der Waals surface area contributed by atoms with Crippen LogP contribution in [0.4, 0.5) is 15.8 Å². The van der Waals surface area contributed by atoms with Crippen LogP contribution >= 0.6 is 0 Å². The molecule has 0 saturated heterocycles. The predicted octanol–water partition coefficient (Wildman–Crippen LogP) is 4.37. The highest BCUT2D eigenvalue weighted by molar-refractivity contribution is 5.88. The monoisotopic (exact) mass is 475 g/mol. The number of hydrogen-bond acceptors (Lipinski definition) is 6. The summed E-state index contributed by atoms with van der Waals surface area (Å²) in [6.45, 7) is 0. The number of benzene rings is 1. The molecule has 2 heterocycles. The van der Waals surface area contributed by atoms with E-state index >= 15 is 0 Å². The maximum atomic E-state index is 14.0. The lowest BCUT2D eigenvalue weighted by Crippen LogP contribution is -2.44. The summed E-state index contributed by atoms with van der Waals surface area (Å²) in [5.41, 5.74) is 3.43. The van der Waals surface area contributed by atoms with Crippen LogP contribution in [0.2, 0.25) is 0 Å². The van der Waals surface area contributed by atoms with Crippen LogP contribution in [0.15, 0.2) is 41.2 Å². The molecule has 35 heavy (non-hydrogen) atoms. The quantitative estimate of drug-likeness (QED) is 0.527. The number of pyridine rings is 2. The molecule has 2 aliphatic carbocycles. The number of anilines is 2. The van der Waals surface area contributed by atoms with Crippen LogP contribution < -0.4 is 20.1 Å². The molecule has 1 aromatic carbocycles. The van der Waals surface area contributed by atoms with Crippen LogP contribution in [-0.4, -0.2) is 41.8 Å². The van der Waals surface area contributed by atoms with Crippen molar-refractivity contribution in [1.29, 1.82) is 5.26 Å². The number of aromatic nitrogens is 2. The Hall–Kier alpha value is -3.60. The SMILES string of the molecule is COc1cc(N(C2CCC(N(C)c3cc(=O)n(C)c4ccc(C#N)nc34)CC2)C2CC2)ccc1F. The molecule has 0 N–H and O–H groups in total. The molecule has 2 aliphatic rings. The van der Waals surface area contributed by atoms with Gasteiger partial charge in [-0.2, -0.15) is 5.26 Å². The van der Waals surface area contributed by atoms with Crippen molar-refractivity contribution in [2.45, 2.75) is 56.7 Å². The minimum absolute atomic E-state index is 0.0929. The molecule has 182 valence electrons. The third kappa shape index (κ3) is 4.31. The first-order valence-electron chi connectivity index (χ1n) is 12.2. The molecule has 2 aromatic heterocycles. The minimum atomic E-state index is -0.341. The summed E-state index contributed by atoms with van der Waals surface area (Å²) in [4.78, 5) is 21.8. The van der Waals surface area contributed by atoms with E-state index in [1.165, 1.54) is 13.2 Å². The molecular weight excluding hydrogens is 445 g/mol. The van der Waals surface area contributed by atoms with E-state index in [9.17, 15) is 14.4 Å². The summed E-state index contributed by atoms with van der Waals surface area (Å²) in [7, 11) is 5.24. The second-order valence-corrected chi connectivity index (χ2v) is 9.63. The van der Waals surface area contributed by atoms with Gasteiger partial charge in [-0.05, 0) is 62.8 Å². The van der Waals surface area contributed by atoms with Gasteiger partial charge in [0, 0.05) is 50.0 Å². The normalized spacial score (nSPS) is 19.9. The van der Waals surface area contributed by atoms with E-state index < -0.39 is 0 Å². The first-order chi connectivity index (χ1) is 16.9. The van der Waals surface area contributed by atoms with Gasteiger partial charge < -0.3 is 19.1 Å². The zero-order chi connectivity index (χ0) is 24.7. The van der Waals surface area contributed by atoms with Crippen LogP contribution in [0.25, 0.3) is 11.0 Å². The number of nitrogens with zero attached hydrogens (tertiary/aromatic N) is 5. The van der Waals surface area contributed by atoms with Crippen LogP contribution in [0.5, 0.6) is 5.75 Å². The fourth-order valence-corrected chi connectivity index (χ4v) is 5.44. The van der Waals surface area contributed by atoms with Crippen molar-refractivity contribution in [3.05, 3.63) is 58.3 Å². The second-order valence-electron chi connectivity index (χ2n) is 9.63. The molecule has 2 fully saturated rings. The smallest absolute Gasteiger partial charge is 0.252 e. The molecule has 8 heteroatoms. The molecule has 0 atom stereocenters. The molecule has 0 amide bonds. The average molecular weight is 476 g/mol. The van der Waals surface area contributed by atoms with Crippen molar-refractivity contribution < 1.29 is 9.13 Å². The molecule has 0 bridgehead atoms. The van der Waals surface area contributed by atoms with E-state index in [2.05, 4.69) is 20.9 Å². The van der Waals surface area contributed by atoms with Crippen molar-refractivity contribution >= 4 is 22.4 Å². The van der Waals surface area contributed by atoms with Crippen molar-refractivity contribution in [3.63, 3.8) is 0 Å². The molecule has 0 unspecified atom stereocenters. The van der Waals surface area contributed by atoms with E-state index in [0.29, 0.717) is 23.3 Å². The van der Waals surface area contributed by atoms with Gasteiger partial charge in [0.25, 0.3) is 5.56 Å². The summed E-state index contributed by atoms with van der Waals surface area (Å²) in [6.07, 6.45) is 6.27. The lowest BCUT2D eigenvalue weighted by Gasteiger charge is -2.41. The second kappa shape index (κ2) is 9.21. The van der Waals surface area contributed by atoms with Gasteiger partial charge in [-0.15, -0.1) is 0 Å². The van der Waals surface area contributed by atoms with E-state index in [0.717, 1.165) is 55.4 Å². The van der Waals surface area contributed by atoms with Gasteiger partial charge in [0.1, 0.15) is 17.3 Å². The third-order valence-electron chi connectivity index (χ3n) is 7.54. The molecule has 3 aromatic rings. The highest BCUT2D eigenvalue weighted by Gasteiger charge is 2.37. The fraction of sp³-hybridized carbons (Fsp3) is 0.444. The predicted molar refractivity (Wildman–Crippen MR) is 135 cm³/mol. The minimum Gasteiger partial charge on any atom is -0.494 e. The van der Waals surface area contributed by atoms with Gasteiger partial charge in [0.05, 0.1) is 18.3 Å². The Balaban J connectivity index is 1.38. The lowest BCUT2D eigenvalue weighted by molar-refractivity contribution is 0.364. The zero-order valence-corrected chi connectivity index (χ0v) is 20.4. The van der Waals surface area contributed by atoms with E-state index in [4.69, 9.17) is 4.74 Å². The standard InChI is InChI=1S/C27H30FN5O2/c1-31(24-15-26(34)32(2)23-13-4-17(16-29)30-27(23)24)18-5-7-19(8-6-18)33(20-9-10-20)21-11-12-22(28)25(14-21)35-3/h4,11-15,18-20H,5-10H2,1-3H3. The molecular formula is C27H30FN5O2. The van der Waals surface area contributed by atoms with Crippen LogP contribution in [0, 0.1) is 17.1 Å². The molecule has 0 aliphatic heterocycles. The number of aryl methyl sites for hydroxylation is 1. The average Bonchev–Trinajstić information content (AvgIpc) is 3.72. The van der Waals surface area contributed by atoms with Gasteiger partial charge in [0.15, 0.2) is 11.6 Å². The molecule has 5 rings (SSSR count). The largest absolute Gasteiger partial charge is 0.494 e. The van der Waals surface area contributed by atoms with Crippen molar-refractivity contribution in [1.82, 2.24) is 9.55 Å². The Bertz CT molecular complexity index is 1350. The third-order valence-corrected chi connectivity index (χ3v) is 7.54. The first-order valence-corrected chi connectivity index (χ1v) is 12.2. The summed E-state index contributed by atoms with van der Waals surface area (Å²) in [6, 6.07) is 13.5. The highest BCUT2D eigenvalue weighted by Crippen LogP contribution is 2.40. The Kier molecular flexibility index (Phi) is 6.10. The van der Waals surface area contributed by atoms with Gasteiger partial charge in [0.2, 0.25) is 0 Å². The van der Waals surface area contributed by atoms with Crippen LogP contribution in [-0.2, 0) is 7.05 Å². The zero-order valence-electron chi connectivity index (χ0n) is 20.4. The number of methoxy groups -OCH3 is 1. The van der Waals surface area contributed by atoms with Crippen molar-refractivity contribution in [3.8, 4) is 11.8 Å². The maximum Gasteiger partial charge on any atom is 0.252 e. The van der Waals surface area contributed by atoms with E-state index in [1.54, 1.807) is 29.8 Å².